The van der Waals surface area contributed by atoms with Crippen LogP contribution in [0.15, 0.2) is 59.1 Å². The second-order valence-corrected chi connectivity index (χ2v) is 9.20. The van der Waals surface area contributed by atoms with Crippen molar-refractivity contribution in [3.8, 4) is 17.3 Å². The van der Waals surface area contributed by atoms with Gasteiger partial charge in [0.15, 0.2) is 0 Å². The van der Waals surface area contributed by atoms with Crippen molar-refractivity contribution in [2.75, 3.05) is 26.2 Å². The van der Waals surface area contributed by atoms with Crippen molar-refractivity contribution in [1.82, 2.24) is 14.9 Å². The molecule has 1 saturated heterocycles. The first-order valence-corrected chi connectivity index (χ1v) is 11.8. The molecule has 2 aromatic heterocycles. The number of aromatic amines is 1. The molecular formula is C26H28ClN3O3. The Hall–Kier alpha value is -2.80. The third kappa shape index (κ3) is 5.08. The molecule has 1 fully saturated rings. The Morgan fingerprint density at radius 3 is 2.73 bits per heavy atom. The second kappa shape index (κ2) is 9.59. The van der Waals surface area contributed by atoms with Crippen LogP contribution in [0.4, 0.5) is 0 Å². The van der Waals surface area contributed by atoms with Gasteiger partial charge in [-0.25, -0.2) is 4.98 Å². The van der Waals surface area contributed by atoms with Crippen molar-refractivity contribution in [2.45, 2.75) is 31.8 Å². The summed E-state index contributed by atoms with van der Waals surface area (Å²) in [7, 11) is 0. The fraction of sp³-hybridized carbons (Fsp3) is 0.346. The number of piperidine rings is 1. The summed E-state index contributed by atoms with van der Waals surface area (Å²) < 4.78 is 11.6. The third-order valence-electron chi connectivity index (χ3n) is 6.30. The maximum absolute atomic E-state index is 10.6. The number of H-pyrrole nitrogens is 1. The third-order valence-corrected chi connectivity index (χ3v) is 6.56. The van der Waals surface area contributed by atoms with E-state index in [2.05, 4.69) is 27.0 Å². The monoisotopic (exact) mass is 465 g/mol. The SMILES string of the molecule is Cc1cnc(-c2cc3c(OC[C@@H](O)CN4CCC(c5ccc(Cl)cc5)CC4)cccc3[nH]2)o1. The van der Waals surface area contributed by atoms with Gasteiger partial charge in [-0.1, -0.05) is 29.8 Å². The maximum atomic E-state index is 10.6. The predicted molar refractivity (Wildman–Crippen MR) is 130 cm³/mol. The molecule has 2 N–H and O–H groups in total. The molecule has 0 saturated carbocycles. The predicted octanol–water partition coefficient (Wildman–Crippen LogP) is 5.40. The lowest BCUT2D eigenvalue weighted by molar-refractivity contribution is 0.0599. The molecule has 0 bridgehead atoms. The van der Waals surface area contributed by atoms with Gasteiger partial charge in [-0.2, -0.15) is 0 Å². The zero-order valence-corrected chi connectivity index (χ0v) is 19.4. The molecular weight excluding hydrogens is 438 g/mol. The molecule has 0 unspecified atom stereocenters. The van der Waals surface area contributed by atoms with Crippen LogP contribution in [0.1, 0.15) is 30.1 Å². The van der Waals surface area contributed by atoms with Crippen molar-refractivity contribution < 1.29 is 14.3 Å². The minimum absolute atomic E-state index is 0.245. The van der Waals surface area contributed by atoms with Crippen molar-refractivity contribution in [3.05, 3.63) is 71.1 Å². The van der Waals surface area contributed by atoms with Gasteiger partial charge in [-0.3, -0.25) is 0 Å². The molecule has 1 atom stereocenters. The Balaban J connectivity index is 1.16. The lowest BCUT2D eigenvalue weighted by Crippen LogP contribution is -2.40. The van der Waals surface area contributed by atoms with E-state index in [4.69, 9.17) is 20.8 Å². The van der Waals surface area contributed by atoms with Crippen LogP contribution in [0, 0.1) is 6.92 Å². The smallest absolute Gasteiger partial charge is 0.243 e. The number of fused-ring (bicyclic) bond motifs is 1. The molecule has 3 heterocycles. The average Bonchev–Trinajstić information content (AvgIpc) is 3.45. The van der Waals surface area contributed by atoms with E-state index in [1.54, 1.807) is 6.20 Å². The van der Waals surface area contributed by atoms with Gasteiger partial charge in [0.05, 0.1) is 6.20 Å². The molecule has 7 heteroatoms. The summed E-state index contributed by atoms with van der Waals surface area (Å²) in [6.07, 6.45) is 3.31. The molecule has 0 radical (unpaired) electrons. The molecule has 4 aromatic rings. The number of aliphatic hydroxyl groups is 1. The summed E-state index contributed by atoms with van der Waals surface area (Å²) in [5, 5.41) is 12.3. The summed E-state index contributed by atoms with van der Waals surface area (Å²) in [5.74, 6) is 2.61. The minimum atomic E-state index is -0.555. The van der Waals surface area contributed by atoms with E-state index in [1.807, 2.05) is 43.3 Å². The van der Waals surface area contributed by atoms with E-state index >= 15 is 0 Å². The number of aryl methyl sites for hydroxylation is 1. The van der Waals surface area contributed by atoms with Crippen LogP contribution in [0.25, 0.3) is 22.5 Å². The van der Waals surface area contributed by atoms with Crippen molar-refractivity contribution in [1.29, 1.82) is 0 Å². The zero-order chi connectivity index (χ0) is 22.8. The highest BCUT2D eigenvalue weighted by Gasteiger charge is 2.22. The fourth-order valence-corrected chi connectivity index (χ4v) is 4.69. The molecule has 33 heavy (non-hydrogen) atoms. The normalized spacial score (nSPS) is 16.3. The number of ether oxygens (including phenoxy) is 1. The van der Waals surface area contributed by atoms with Crippen molar-refractivity contribution >= 4 is 22.5 Å². The van der Waals surface area contributed by atoms with Gasteiger partial charge in [0.25, 0.3) is 0 Å². The largest absolute Gasteiger partial charge is 0.490 e. The van der Waals surface area contributed by atoms with Crippen LogP contribution in [0.2, 0.25) is 5.02 Å². The van der Waals surface area contributed by atoms with E-state index in [1.165, 1.54) is 5.56 Å². The van der Waals surface area contributed by atoms with Crippen LogP contribution < -0.4 is 4.74 Å². The van der Waals surface area contributed by atoms with E-state index in [9.17, 15) is 5.11 Å². The quantitative estimate of drug-likeness (QED) is 0.382. The Kier molecular flexibility index (Phi) is 6.40. The van der Waals surface area contributed by atoms with Crippen LogP contribution in [-0.4, -0.2) is 52.3 Å². The van der Waals surface area contributed by atoms with Gasteiger partial charge in [0.2, 0.25) is 5.89 Å². The van der Waals surface area contributed by atoms with E-state index in [0.717, 1.165) is 59.1 Å². The van der Waals surface area contributed by atoms with Crippen LogP contribution in [-0.2, 0) is 0 Å². The number of aromatic nitrogens is 2. The Morgan fingerprint density at radius 2 is 2.00 bits per heavy atom. The molecule has 172 valence electrons. The van der Waals surface area contributed by atoms with Crippen LogP contribution >= 0.6 is 11.6 Å². The number of β-amino-alcohol motifs (C(OH)–C–C–N with tert-alkyl or cyclic N) is 1. The number of likely N-dealkylation sites (tertiary alicyclic amines) is 1. The lowest BCUT2D eigenvalue weighted by atomic mass is 9.89. The first-order chi connectivity index (χ1) is 16.0. The Labute approximate surface area is 198 Å². The second-order valence-electron chi connectivity index (χ2n) is 8.77. The first-order valence-electron chi connectivity index (χ1n) is 11.4. The number of hydrogen-bond donors (Lipinski definition) is 2. The van der Waals surface area contributed by atoms with E-state index < -0.39 is 6.10 Å². The van der Waals surface area contributed by atoms with Crippen LogP contribution in [0.3, 0.4) is 0 Å². The number of rotatable bonds is 7. The number of nitrogens with zero attached hydrogens (tertiary/aromatic N) is 2. The van der Waals surface area contributed by atoms with Gasteiger partial charge in [0.1, 0.15) is 29.9 Å². The molecule has 0 aliphatic carbocycles. The maximum Gasteiger partial charge on any atom is 0.243 e. The summed E-state index contributed by atoms with van der Waals surface area (Å²) in [6.45, 7) is 4.66. The molecule has 5 rings (SSSR count). The molecule has 6 nitrogen and oxygen atoms in total. The van der Waals surface area contributed by atoms with Gasteiger partial charge < -0.3 is 24.1 Å². The van der Waals surface area contributed by atoms with Crippen LogP contribution in [0.5, 0.6) is 5.75 Å². The highest BCUT2D eigenvalue weighted by molar-refractivity contribution is 6.30. The summed E-state index contributed by atoms with van der Waals surface area (Å²) in [4.78, 5) is 9.93. The van der Waals surface area contributed by atoms with E-state index in [0.29, 0.717) is 18.4 Å². The standard InChI is InChI=1S/C26H28ClN3O3/c1-17-14-28-26(33-17)24-13-22-23(29-24)3-2-4-25(22)32-16-21(31)15-30-11-9-19(10-12-30)18-5-7-20(27)8-6-18/h2-8,13-14,19,21,29,31H,9-12,15-16H2,1H3/t21-/m0/s1. The van der Waals surface area contributed by atoms with Gasteiger partial charge >= 0.3 is 0 Å². The highest BCUT2D eigenvalue weighted by atomic mass is 35.5. The van der Waals surface area contributed by atoms with Gasteiger partial charge in [-0.15, -0.1) is 0 Å². The Morgan fingerprint density at radius 1 is 1.21 bits per heavy atom. The molecule has 1 aliphatic rings. The van der Waals surface area contributed by atoms with Gasteiger partial charge in [0, 0.05) is 22.5 Å². The number of aliphatic hydroxyl groups excluding tert-OH is 1. The number of hydrogen-bond acceptors (Lipinski definition) is 5. The molecule has 0 amide bonds. The fourth-order valence-electron chi connectivity index (χ4n) is 4.57. The molecule has 2 aromatic carbocycles. The van der Waals surface area contributed by atoms with Crippen molar-refractivity contribution in [2.24, 2.45) is 0 Å². The molecule has 1 aliphatic heterocycles. The number of halogens is 1. The number of benzene rings is 2. The highest BCUT2D eigenvalue weighted by Crippen LogP contribution is 2.31. The van der Waals surface area contributed by atoms with Crippen molar-refractivity contribution in [3.63, 3.8) is 0 Å². The topological polar surface area (TPSA) is 74.5 Å². The first kappa shape index (κ1) is 22.0. The number of nitrogens with one attached hydrogen (secondary N) is 1. The zero-order valence-electron chi connectivity index (χ0n) is 18.6. The Bertz CT molecular complexity index is 1210. The summed E-state index contributed by atoms with van der Waals surface area (Å²) in [5.41, 5.74) is 3.09. The van der Waals surface area contributed by atoms with Gasteiger partial charge in [-0.05, 0) is 74.7 Å². The number of oxazole rings is 1. The summed E-state index contributed by atoms with van der Waals surface area (Å²) in [6, 6.07) is 16.0. The van der Waals surface area contributed by atoms with E-state index in [-0.39, 0.29) is 6.61 Å². The average molecular weight is 466 g/mol. The minimum Gasteiger partial charge on any atom is -0.490 e. The molecule has 0 spiro atoms. The lowest BCUT2D eigenvalue weighted by Gasteiger charge is -2.33. The summed E-state index contributed by atoms with van der Waals surface area (Å²) >= 11 is 6.01.